The van der Waals surface area contributed by atoms with E-state index < -0.39 is 5.60 Å². The lowest BCUT2D eigenvalue weighted by Gasteiger charge is -2.59. The second-order valence-electron chi connectivity index (χ2n) is 4.77. The minimum Gasteiger partial charge on any atom is -0.386 e. The van der Waals surface area contributed by atoms with E-state index in [9.17, 15) is 5.11 Å². The van der Waals surface area contributed by atoms with Gasteiger partial charge in [-0.25, -0.2) is 0 Å². The van der Waals surface area contributed by atoms with Crippen LogP contribution in [0.1, 0.15) is 26.2 Å². The maximum atomic E-state index is 9.82. The lowest BCUT2D eigenvalue weighted by Crippen LogP contribution is -2.52. The van der Waals surface area contributed by atoms with Crippen molar-refractivity contribution in [3.05, 3.63) is 11.6 Å². The molecule has 3 rings (SSSR count). The van der Waals surface area contributed by atoms with Gasteiger partial charge in [0.15, 0.2) is 0 Å². The zero-order chi connectivity index (χ0) is 7.64. The predicted octanol–water partition coefficient (Wildman–Crippen LogP) is 1.72. The third kappa shape index (κ3) is 0.652. The molecular formula is C10H14O. The van der Waals surface area contributed by atoms with Gasteiger partial charge in [0.25, 0.3) is 0 Å². The summed E-state index contributed by atoms with van der Waals surface area (Å²) < 4.78 is 0. The second-order valence-corrected chi connectivity index (χ2v) is 4.77. The lowest BCUT2D eigenvalue weighted by molar-refractivity contribution is -0.0429. The highest BCUT2D eigenvalue weighted by molar-refractivity contribution is 5.31. The minimum atomic E-state index is -0.470. The molecule has 0 saturated heterocycles. The van der Waals surface area contributed by atoms with Crippen LogP contribution in [-0.4, -0.2) is 10.7 Å². The van der Waals surface area contributed by atoms with E-state index in [2.05, 4.69) is 6.08 Å². The third-order valence-electron chi connectivity index (χ3n) is 3.72. The normalized spacial score (nSPS) is 58.7. The Morgan fingerprint density at radius 3 is 3.00 bits per heavy atom. The van der Waals surface area contributed by atoms with E-state index in [1.54, 1.807) is 5.57 Å². The molecule has 3 aliphatic carbocycles. The second kappa shape index (κ2) is 1.56. The third-order valence-corrected chi connectivity index (χ3v) is 3.72. The average molecular weight is 150 g/mol. The summed E-state index contributed by atoms with van der Waals surface area (Å²) in [6.07, 6.45) is 5.80. The van der Waals surface area contributed by atoms with Crippen molar-refractivity contribution in [3.8, 4) is 0 Å². The van der Waals surface area contributed by atoms with Crippen molar-refractivity contribution in [1.82, 2.24) is 0 Å². The lowest BCUT2D eigenvalue weighted by atomic mass is 9.46. The number of aliphatic hydroxyl groups is 1. The van der Waals surface area contributed by atoms with Crippen molar-refractivity contribution in [3.63, 3.8) is 0 Å². The number of rotatable bonds is 0. The molecule has 0 aromatic carbocycles. The van der Waals surface area contributed by atoms with Crippen molar-refractivity contribution in [2.75, 3.05) is 0 Å². The summed E-state index contributed by atoms with van der Waals surface area (Å²) in [6, 6.07) is 0. The standard InChI is InChI=1S/C10H14O/c1-10(11)4-7-2-6-3-8(5-10)9(6)7/h4,6,8-9,11H,2-3,5H2,1H3. The van der Waals surface area contributed by atoms with E-state index in [0.29, 0.717) is 0 Å². The van der Waals surface area contributed by atoms with Crippen LogP contribution in [0.4, 0.5) is 0 Å². The molecule has 0 bridgehead atoms. The van der Waals surface area contributed by atoms with Gasteiger partial charge in [-0.2, -0.15) is 0 Å². The van der Waals surface area contributed by atoms with Crippen LogP contribution in [0.15, 0.2) is 11.6 Å². The molecule has 3 aliphatic rings. The molecule has 1 heteroatoms. The molecule has 60 valence electrons. The van der Waals surface area contributed by atoms with Gasteiger partial charge in [-0.15, -0.1) is 0 Å². The summed E-state index contributed by atoms with van der Waals surface area (Å²) in [5.74, 6) is 2.77. The number of hydrogen-bond donors (Lipinski definition) is 1. The monoisotopic (exact) mass is 150 g/mol. The van der Waals surface area contributed by atoms with Crippen molar-refractivity contribution in [2.45, 2.75) is 31.8 Å². The Morgan fingerprint density at radius 2 is 2.36 bits per heavy atom. The van der Waals surface area contributed by atoms with Gasteiger partial charge in [-0.05, 0) is 43.9 Å². The Hall–Kier alpha value is -0.300. The SMILES string of the molecule is CC1(O)C=C2CC3CC(C1)C23. The molecule has 0 aromatic rings. The van der Waals surface area contributed by atoms with Crippen LogP contribution < -0.4 is 0 Å². The fraction of sp³-hybridized carbons (Fsp3) is 0.800. The van der Waals surface area contributed by atoms with Crippen LogP contribution in [-0.2, 0) is 0 Å². The van der Waals surface area contributed by atoms with Gasteiger partial charge in [-0.1, -0.05) is 11.6 Å². The van der Waals surface area contributed by atoms with Gasteiger partial charge >= 0.3 is 0 Å². The minimum absolute atomic E-state index is 0.470. The maximum absolute atomic E-state index is 9.82. The topological polar surface area (TPSA) is 20.2 Å². The average Bonchev–Trinajstić information content (AvgIpc) is 1.77. The van der Waals surface area contributed by atoms with Crippen LogP contribution in [0.25, 0.3) is 0 Å². The molecule has 1 N–H and O–H groups in total. The van der Waals surface area contributed by atoms with Gasteiger partial charge in [-0.3, -0.25) is 0 Å². The molecule has 4 atom stereocenters. The van der Waals surface area contributed by atoms with E-state index in [1.807, 2.05) is 6.92 Å². The van der Waals surface area contributed by atoms with Gasteiger partial charge in [0.1, 0.15) is 0 Å². The van der Waals surface area contributed by atoms with Crippen LogP contribution in [0.5, 0.6) is 0 Å². The summed E-state index contributed by atoms with van der Waals surface area (Å²) in [5, 5.41) is 9.82. The smallest absolute Gasteiger partial charge is 0.0805 e. The summed E-state index contributed by atoms with van der Waals surface area (Å²) >= 11 is 0. The fourth-order valence-electron chi connectivity index (χ4n) is 3.32. The van der Waals surface area contributed by atoms with E-state index in [4.69, 9.17) is 0 Å². The Bertz CT molecular complexity index is 239. The van der Waals surface area contributed by atoms with E-state index in [-0.39, 0.29) is 0 Å². The molecule has 0 aliphatic heterocycles. The van der Waals surface area contributed by atoms with Gasteiger partial charge < -0.3 is 5.11 Å². The first-order valence-electron chi connectivity index (χ1n) is 4.60. The van der Waals surface area contributed by atoms with Crippen molar-refractivity contribution < 1.29 is 5.11 Å². The fourth-order valence-corrected chi connectivity index (χ4v) is 3.32. The first-order chi connectivity index (χ1) is 5.16. The summed E-state index contributed by atoms with van der Waals surface area (Å²) in [4.78, 5) is 0. The number of hydrogen-bond acceptors (Lipinski definition) is 1. The molecule has 1 nitrogen and oxygen atoms in total. The molecule has 4 unspecified atom stereocenters. The van der Waals surface area contributed by atoms with Gasteiger partial charge in [0.2, 0.25) is 0 Å². The molecule has 0 radical (unpaired) electrons. The molecule has 2 fully saturated rings. The zero-order valence-corrected chi connectivity index (χ0v) is 6.88. The first-order valence-corrected chi connectivity index (χ1v) is 4.60. The van der Waals surface area contributed by atoms with Crippen LogP contribution >= 0.6 is 0 Å². The highest BCUT2D eigenvalue weighted by Gasteiger charge is 2.54. The highest BCUT2D eigenvalue weighted by Crippen LogP contribution is 2.62. The summed E-state index contributed by atoms with van der Waals surface area (Å²) in [5.41, 5.74) is 1.09. The van der Waals surface area contributed by atoms with E-state index in [1.165, 1.54) is 12.8 Å². The molecule has 2 saturated carbocycles. The first kappa shape index (κ1) is 6.24. The van der Waals surface area contributed by atoms with Crippen LogP contribution in [0, 0.1) is 17.8 Å². The molecule has 0 heterocycles. The van der Waals surface area contributed by atoms with Crippen LogP contribution in [0.3, 0.4) is 0 Å². The van der Waals surface area contributed by atoms with E-state index >= 15 is 0 Å². The molecular weight excluding hydrogens is 136 g/mol. The molecule has 0 aromatic heterocycles. The summed E-state index contributed by atoms with van der Waals surface area (Å²) in [6.45, 7) is 1.95. The maximum Gasteiger partial charge on any atom is 0.0805 e. The van der Waals surface area contributed by atoms with Gasteiger partial charge in [0.05, 0.1) is 5.60 Å². The number of allylic oxidation sites excluding steroid dienone is 1. The molecule has 0 amide bonds. The quantitative estimate of drug-likeness (QED) is 0.521. The Morgan fingerprint density at radius 1 is 1.55 bits per heavy atom. The molecule has 0 spiro atoms. The molecule has 11 heavy (non-hydrogen) atoms. The van der Waals surface area contributed by atoms with Crippen molar-refractivity contribution in [2.24, 2.45) is 17.8 Å². The zero-order valence-electron chi connectivity index (χ0n) is 6.88. The summed E-state index contributed by atoms with van der Waals surface area (Å²) in [7, 11) is 0. The Kier molecular flexibility index (Phi) is 0.885. The Balaban J connectivity index is 1.98. The van der Waals surface area contributed by atoms with Crippen molar-refractivity contribution >= 4 is 0 Å². The Labute approximate surface area is 67.1 Å². The predicted molar refractivity (Wildman–Crippen MR) is 43.0 cm³/mol. The highest BCUT2D eigenvalue weighted by atomic mass is 16.3. The largest absolute Gasteiger partial charge is 0.386 e. The van der Waals surface area contributed by atoms with Crippen LogP contribution in [0.2, 0.25) is 0 Å². The van der Waals surface area contributed by atoms with E-state index in [0.717, 1.165) is 24.2 Å². The van der Waals surface area contributed by atoms with Gasteiger partial charge in [0, 0.05) is 0 Å². The van der Waals surface area contributed by atoms with Crippen molar-refractivity contribution in [1.29, 1.82) is 0 Å².